The van der Waals surface area contributed by atoms with Crippen molar-refractivity contribution in [3.63, 3.8) is 0 Å². The van der Waals surface area contributed by atoms with E-state index in [1.165, 1.54) is 0 Å². The molecule has 2 heterocycles. The molecular weight excluding hydrogens is 238 g/mol. The first-order valence-electron chi connectivity index (χ1n) is 5.83. The highest BCUT2D eigenvalue weighted by molar-refractivity contribution is 6.29. The monoisotopic (exact) mass is 253 g/mol. The summed E-state index contributed by atoms with van der Waals surface area (Å²) in [6, 6.07) is 5.04. The summed E-state index contributed by atoms with van der Waals surface area (Å²) in [6.07, 6.45) is 2.20. The lowest BCUT2D eigenvalue weighted by Gasteiger charge is -2.28. The number of amides is 1. The number of hydrogen-bond acceptors (Lipinski definition) is 3. The fraction of sp³-hybridized carbons (Fsp3) is 0.500. The maximum atomic E-state index is 12.0. The van der Waals surface area contributed by atoms with Gasteiger partial charge in [-0.3, -0.25) is 4.79 Å². The van der Waals surface area contributed by atoms with Gasteiger partial charge in [0.25, 0.3) is 0 Å². The van der Waals surface area contributed by atoms with Crippen molar-refractivity contribution in [2.24, 2.45) is 5.92 Å². The molecule has 1 aromatic rings. The molecule has 1 saturated heterocycles. The molecule has 1 fully saturated rings. The summed E-state index contributed by atoms with van der Waals surface area (Å²) in [5.74, 6) is 0.817. The van der Waals surface area contributed by atoms with E-state index in [2.05, 4.69) is 22.5 Å². The van der Waals surface area contributed by atoms with Crippen LogP contribution in [0.4, 0.5) is 5.82 Å². The van der Waals surface area contributed by atoms with Crippen LogP contribution in [0, 0.1) is 5.92 Å². The third kappa shape index (κ3) is 3.17. The van der Waals surface area contributed by atoms with E-state index in [-0.39, 0.29) is 11.9 Å². The summed E-state index contributed by atoms with van der Waals surface area (Å²) < 4.78 is 0. The summed E-state index contributed by atoms with van der Waals surface area (Å²) in [7, 11) is 0. The molecule has 92 valence electrons. The van der Waals surface area contributed by atoms with Crippen molar-refractivity contribution >= 4 is 23.3 Å². The molecule has 0 spiro atoms. The Balaban J connectivity index is 2.01. The minimum Gasteiger partial charge on any atom is -0.309 e. The van der Waals surface area contributed by atoms with E-state index in [9.17, 15) is 4.79 Å². The maximum absolute atomic E-state index is 12.0. The Morgan fingerprint density at radius 1 is 1.59 bits per heavy atom. The lowest BCUT2D eigenvalue weighted by Crippen LogP contribution is -2.48. The molecule has 2 unspecified atom stereocenters. The van der Waals surface area contributed by atoms with Gasteiger partial charge in [-0.2, -0.15) is 0 Å². The van der Waals surface area contributed by atoms with Gasteiger partial charge in [-0.05, 0) is 37.4 Å². The predicted octanol–water partition coefficient (Wildman–Crippen LogP) is 2.06. The molecule has 0 bridgehead atoms. The van der Waals surface area contributed by atoms with Gasteiger partial charge in [0.2, 0.25) is 5.91 Å². The van der Waals surface area contributed by atoms with Crippen LogP contribution >= 0.6 is 11.6 Å². The lowest BCUT2D eigenvalue weighted by atomic mass is 9.92. The summed E-state index contributed by atoms with van der Waals surface area (Å²) in [4.78, 5) is 16.1. The summed E-state index contributed by atoms with van der Waals surface area (Å²) >= 11 is 5.76. The number of nitrogens with one attached hydrogen (secondary N) is 2. The predicted molar refractivity (Wildman–Crippen MR) is 68.1 cm³/mol. The number of halogens is 1. The van der Waals surface area contributed by atoms with Crippen molar-refractivity contribution < 1.29 is 4.79 Å². The van der Waals surface area contributed by atoms with Gasteiger partial charge in [-0.25, -0.2) is 4.98 Å². The quantitative estimate of drug-likeness (QED) is 0.794. The zero-order valence-corrected chi connectivity index (χ0v) is 10.5. The average molecular weight is 254 g/mol. The van der Waals surface area contributed by atoms with Crippen molar-refractivity contribution in [1.82, 2.24) is 10.3 Å². The van der Waals surface area contributed by atoms with Crippen LogP contribution in [-0.2, 0) is 4.79 Å². The van der Waals surface area contributed by atoms with E-state index in [1.807, 2.05) is 0 Å². The van der Waals surface area contributed by atoms with E-state index in [1.54, 1.807) is 18.2 Å². The van der Waals surface area contributed by atoms with E-state index >= 15 is 0 Å². The highest BCUT2D eigenvalue weighted by Gasteiger charge is 2.27. The fourth-order valence-corrected chi connectivity index (χ4v) is 2.25. The summed E-state index contributed by atoms with van der Waals surface area (Å²) in [5, 5.41) is 6.40. The highest BCUT2D eigenvalue weighted by atomic mass is 35.5. The van der Waals surface area contributed by atoms with Crippen LogP contribution < -0.4 is 10.6 Å². The topological polar surface area (TPSA) is 54.0 Å². The van der Waals surface area contributed by atoms with E-state index in [0.29, 0.717) is 16.9 Å². The molecule has 4 nitrogen and oxygen atoms in total. The molecule has 0 aromatic carbocycles. The van der Waals surface area contributed by atoms with Gasteiger partial charge in [0.1, 0.15) is 11.0 Å². The third-order valence-electron chi connectivity index (χ3n) is 3.02. The van der Waals surface area contributed by atoms with Gasteiger partial charge in [0, 0.05) is 0 Å². The Hall–Kier alpha value is -1.13. The molecule has 0 radical (unpaired) electrons. The molecule has 1 aromatic heterocycles. The van der Waals surface area contributed by atoms with Crippen LogP contribution in [0.1, 0.15) is 19.8 Å². The number of rotatable bonds is 2. The highest BCUT2D eigenvalue weighted by Crippen LogP contribution is 2.17. The number of pyridine rings is 1. The first kappa shape index (κ1) is 12.3. The Morgan fingerprint density at radius 3 is 3.12 bits per heavy atom. The van der Waals surface area contributed by atoms with Crippen molar-refractivity contribution in [2.75, 3.05) is 11.9 Å². The number of piperidine rings is 1. The first-order chi connectivity index (χ1) is 8.16. The largest absolute Gasteiger partial charge is 0.309 e. The van der Waals surface area contributed by atoms with Crippen molar-refractivity contribution in [3.05, 3.63) is 23.4 Å². The van der Waals surface area contributed by atoms with Gasteiger partial charge < -0.3 is 10.6 Å². The number of carbonyl (C=O) groups is 1. The number of carbonyl (C=O) groups excluding carboxylic acids is 1. The van der Waals surface area contributed by atoms with E-state index < -0.39 is 0 Å². The number of hydrogen-bond donors (Lipinski definition) is 2. The second-order valence-electron chi connectivity index (χ2n) is 4.39. The number of aromatic nitrogens is 1. The van der Waals surface area contributed by atoms with Crippen LogP contribution in [0.2, 0.25) is 5.15 Å². The second kappa shape index (κ2) is 5.47. The van der Waals surface area contributed by atoms with Crippen LogP contribution in [0.3, 0.4) is 0 Å². The van der Waals surface area contributed by atoms with Crippen molar-refractivity contribution in [3.8, 4) is 0 Å². The van der Waals surface area contributed by atoms with Crippen LogP contribution in [0.15, 0.2) is 18.2 Å². The summed E-state index contributed by atoms with van der Waals surface area (Å²) in [5.41, 5.74) is 0. The normalized spacial score (nSPS) is 24.4. The van der Waals surface area contributed by atoms with Crippen molar-refractivity contribution in [1.29, 1.82) is 0 Å². The molecule has 5 heteroatoms. The van der Waals surface area contributed by atoms with E-state index in [4.69, 9.17) is 11.6 Å². The van der Waals surface area contributed by atoms with Crippen LogP contribution in [-0.4, -0.2) is 23.5 Å². The molecule has 2 rings (SSSR count). The molecule has 2 atom stereocenters. The van der Waals surface area contributed by atoms with Crippen molar-refractivity contribution in [2.45, 2.75) is 25.8 Å². The van der Waals surface area contributed by atoms with Gasteiger partial charge in [0.15, 0.2) is 0 Å². The Morgan fingerprint density at radius 2 is 2.41 bits per heavy atom. The maximum Gasteiger partial charge on any atom is 0.242 e. The minimum absolute atomic E-state index is 0.0352. The minimum atomic E-state index is -0.135. The van der Waals surface area contributed by atoms with Crippen LogP contribution in [0.5, 0.6) is 0 Å². The molecular formula is C12H16ClN3O. The zero-order valence-electron chi connectivity index (χ0n) is 9.74. The SMILES string of the molecule is CC1CCCNC1C(=O)Nc1cccc(Cl)n1. The molecule has 0 saturated carbocycles. The average Bonchev–Trinajstić information content (AvgIpc) is 2.29. The van der Waals surface area contributed by atoms with Gasteiger partial charge in [-0.1, -0.05) is 24.6 Å². The van der Waals surface area contributed by atoms with Gasteiger partial charge >= 0.3 is 0 Å². The Kier molecular flexibility index (Phi) is 3.97. The molecule has 1 amide bonds. The van der Waals surface area contributed by atoms with E-state index in [0.717, 1.165) is 19.4 Å². The zero-order chi connectivity index (χ0) is 12.3. The number of nitrogens with zero attached hydrogens (tertiary/aromatic N) is 1. The van der Waals surface area contributed by atoms with Crippen LogP contribution in [0.25, 0.3) is 0 Å². The molecule has 1 aliphatic heterocycles. The first-order valence-corrected chi connectivity index (χ1v) is 6.21. The van der Waals surface area contributed by atoms with Gasteiger partial charge in [0.05, 0.1) is 6.04 Å². The smallest absolute Gasteiger partial charge is 0.242 e. The molecule has 2 N–H and O–H groups in total. The van der Waals surface area contributed by atoms with Gasteiger partial charge in [-0.15, -0.1) is 0 Å². The Bertz CT molecular complexity index is 410. The molecule has 1 aliphatic rings. The summed E-state index contributed by atoms with van der Waals surface area (Å²) in [6.45, 7) is 2.98. The second-order valence-corrected chi connectivity index (χ2v) is 4.77. The number of anilines is 1. The molecule has 17 heavy (non-hydrogen) atoms. The Labute approximate surface area is 106 Å². The fourth-order valence-electron chi connectivity index (χ4n) is 2.08. The standard InChI is InChI=1S/C12H16ClN3O/c1-8-4-3-7-14-11(8)12(17)16-10-6-2-5-9(13)15-10/h2,5-6,8,11,14H,3-4,7H2,1H3,(H,15,16,17). The molecule has 0 aliphatic carbocycles. The third-order valence-corrected chi connectivity index (χ3v) is 3.23. The lowest BCUT2D eigenvalue weighted by molar-refractivity contribution is -0.119.